The number of unbranched alkanes of at least 4 members (excludes halogenated alkanes) is 1. The molecule has 1 rings (SSSR count). The minimum Gasteiger partial charge on any atom is -0.312 e. The summed E-state index contributed by atoms with van der Waals surface area (Å²) in [5.74, 6) is 0. The molecule has 0 saturated heterocycles. The van der Waals surface area contributed by atoms with Crippen molar-refractivity contribution in [2.75, 3.05) is 20.1 Å². The largest absolute Gasteiger partial charge is 0.312 e. The van der Waals surface area contributed by atoms with Crippen LogP contribution in [-0.2, 0) is 0 Å². The van der Waals surface area contributed by atoms with E-state index >= 15 is 0 Å². The summed E-state index contributed by atoms with van der Waals surface area (Å²) >= 11 is 0. The lowest BCUT2D eigenvalue weighted by molar-refractivity contribution is 0.178. The van der Waals surface area contributed by atoms with Crippen LogP contribution in [0.25, 0.3) is 0 Å². The van der Waals surface area contributed by atoms with Crippen molar-refractivity contribution in [3.05, 3.63) is 35.4 Å². The molecule has 0 amide bonds. The van der Waals surface area contributed by atoms with Gasteiger partial charge >= 0.3 is 0 Å². The standard InChI is InChI=1S/C17H30N2/c1-6-8-13-19(7-2)15(4)17(18-5)16-11-9-14(3)10-12-16/h9-12,15,17-18H,6-8,13H2,1-5H3. The Labute approximate surface area is 119 Å². The third-order valence-corrected chi connectivity index (χ3v) is 4.01. The molecule has 2 heteroatoms. The topological polar surface area (TPSA) is 15.3 Å². The van der Waals surface area contributed by atoms with Crippen molar-refractivity contribution in [1.29, 1.82) is 0 Å². The summed E-state index contributed by atoms with van der Waals surface area (Å²) in [7, 11) is 2.06. The third kappa shape index (κ3) is 4.63. The number of hydrogen-bond acceptors (Lipinski definition) is 2. The summed E-state index contributed by atoms with van der Waals surface area (Å²) in [5, 5.41) is 3.49. The quantitative estimate of drug-likeness (QED) is 0.767. The average molecular weight is 262 g/mol. The van der Waals surface area contributed by atoms with Crippen LogP contribution in [0.15, 0.2) is 24.3 Å². The molecule has 0 aliphatic carbocycles. The fourth-order valence-corrected chi connectivity index (χ4v) is 2.68. The molecule has 0 spiro atoms. The summed E-state index contributed by atoms with van der Waals surface area (Å²) in [5.41, 5.74) is 2.71. The molecule has 19 heavy (non-hydrogen) atoms. The number of benzene rings is 1. The van der Waals surface area contributed by atoms with E-state index in [1.54, 1.807) is 0 Å². The lowest BCUT2D eigenvalue weighted by Gasteiger charge is -2.34. The van der Waals surface area contributed by atoms with Crippen molar-refractivity contribution in [2.45, 2.75) is 52.6 Å². The van der Waals surface area contributed by atoms with Crippen LogP contribution in [0.4, 0.5) is 0 Å². The highest BCUT2D eigenvalue weighted by molar-refractivity contribution is 5.25. The zero-order chi connectivity index (χ0) is 14.3. The van der Waals surface area contributed by atoms with Gasteiger partial charge in [-0.25, -0.2) is 0 Å². The Hall–Kier alpha value is -0.860. The molecular formula is C17H30N2. The molecular weight excluding hydrogens is 232 g/mol. The van der Waals surface area contributed by atoms with Crippen LogP contribution in [0, 0.1) is 6.92 Å². The second-order valence-corrected chi connectivity index (χ2v) is 5.40. The predicted octanol–water partition coefficient (Wildman–Crippen LogP) is 3.77. The Bertz CT molecular complexity index is 345. The summed E-state index contributed by atoms with van der Waals surface area (Å²) in [6.07, 6.45) is 2.54. The molecule has 2 atom stereocenters. The van der Waals surface area contributed by atoms with Gasteiger partial charge in [-0.3, -0.25) is 4.90 Å². The SMILES string of the molecule is CCCCN(CC)C(C)C(NC)c1ccc(C)cc1. The highest BCUT2D eigenvalue weighted by Crippen LogP contribution is 2.21. The van der Waals surface area contributed by atoms with E-state index in [0.717, 1.165) is 6.54 Å². The summed E-state index contributed by atoms with van der Waals surface area (Å²) in [6, 6.07) is 9.83. The lowest BCUT2D eigenvalue weighted by atomic mass is 9.98. The van der Waals surface area contributed by atoms with Gasteiger partial charge < -0.3 is 5.32 Å². The van der Waals surface area contributed by atoms with E-state index in [0.29, 0.717) is 12.1 Å². The van der Waals surface area contributed by atoms with Crippen LogP contribution in [0.5, 0.6) is 0 Å². The van der Waals surface area contributed by atoms with Crippen LogP contribution < -0.4 is 5.32 Å². The van der Waals surface area contributed by atoms with Gasteiger partial charge in [0.25, 0.3) is 0 Å². The molecule has 1 aromatic rings. The third-order valence-electron chi connectivity index (χ3n) is 4.01. The van der Waals surface area contributed by atoms with E-state index in [-0.39, 0.29) is 0 Å². The lowest BCUT2D eigenvalue weighted by Crippen LogP contribution is -2.42. The molecule has 0 aliphatic rings. The number of hydrogen-bond donors (Lipinski definition) is 1. The number of aryl methyl sites for hydroxylation is 1. The number of nitrogens with zero attached hydrogens (tertiary/aromatic N) is 1. The van der Waals surface area contributed by atoms with Gasteiger partial charge in [-0.1, -0.05) is 50.1 Å². The normalized spacial score (nSPS) is 14.6. The molecule has 0 aromatic heterocycles. The smallest absolute Gasteiger partial charge is 0.0473 e. The van der Waals surface area contributed by atoms with E-state index in [1.807, 2.05) is 0 Å². The minimum atomic E-state index is 0.400. The van der Waals surface area contributed by atoms with E-state index in [2.05, 4.69) is 69.2 Å². The van der Waals surface area contributed by atoms with Gasteiger partial charge in [-0.15, -0.1) is 0 Å². The summed E-state index contributed by atoms with van der Waals surface area (Å²) in [6.45, 7) is 11.3. The zero-order valence-corrected chi connectivity index (χ0v) is 13.2. The fraction of sp³-hybridized carbons (Fsp3) is 0.647. The van der Waals surface area contributed by atoms with Gasteiger partial charge in [0.2, 0.25) is 0 Å². The first-order valence-corrected chi connectivity index (χ1v) is 7.61. The van der Waals surface area contributed by atoms with E-state index in [4.69, 9.17) is 0 Å². The molecule has 0 heterocycles. The maximum Gasteiger partial charge on any atom is 0.0473 e. The maximum atomic E-state index is 3.49. The summed E-state index contributed by atoms with van der Waals surface area (Å²) in [4.78, 5) is 2.57. The first kappa shape index (κ1) is 16.2. The highest BCUT2D eigenvalue weighted by atomic mass is 15.2. The highest BCUT2D eigenvalue weighted by Gasteiger charge is 2.22. The number of likely N-dealkylation sites (N-methyl/N-ethyl adjacent to an activating group) is 2. The van der Waals surface area contributed by atoms with Crippen LogP contribution >= 0.6 is 0 Å². The molecule has 0 radical (unpaired) electrons. The van der Waals surface area contributed by atoms with Crippen LogP contribution in [0.2, 0.25) is 0 Å². The monoisotopic (exact) mass is 262 g/mol. The second kappa shape index (κ2) is 8.34. The molecule has 0 aliphatic heterocycles. The summed E-state index contributed by atoms with van der Waals surface area (Å²) < 4.78 is 0. The molecule has 0 saturated carbocycles. The van der Waals surface area contributed by atoms with E-state index in [1.165, 1.54) is 30.5 Å². The first-order chi connectivity index (χ1) is 9.13. The van der Waals surface area contributed by atoms with Crippen molar-refractivity contribution >= 4 is 0 Å². The molecule has 0 bridgehead atoms. The molecule has 108 valence electrons. The van der Waals surface area contributed by atoms with E-state index < -0.39 is 0 Å². The van der Waals surface area contributed by atoms with Crippen LogP contribution in [0.3, 0.4) is 0 Å². The first-order valence-electron chi connectivity index (χ1n) is 7.61. The molecule has 0 fully saturated rings. The van der Waals surface area contributed by atoms with Crippen LogP contribution in [-0.4, -0.2) is 31.1 Å². The maximum absolute atomic E-state index is 3.49. The van der Waals surface area contributed by atoms with Crippen LogP contribution in [0.1, 0.15) is 50.8 Å². The number of rotatable bonds is 8. The number of nitrogens with one attached hydrogen (secondary N) is 1. The second-order valence-electron chi connectivity index (χ2n) is 5.40. The van der Waals surface area contributed by atoms with Gasteiger partial charge in [0.15, 0.2) is 0 Å². The molecule has 2 nitrogen and oxygen atoms in total. The van der Waals surface area contributed by atoms with Crippen molar-refractivity contribution in [3.8, 4) is 0 Å². The van der Waals surface area contributed by atoms with Crippen molar-refractivity contribution in [1.82, 2.24) is 10.2 Å². The predicted molar refractivity (Wildman–Crippen MR) is 84.6 cm³/mol. The zero-order valence-electron chi connectivity index (χ0n) is 13.2. The van der Waals surface area contributed by atoms with Gasteiger partial charge in [-0.2, -0.15) is 0 Å². The van der Waals surface area contributed by atoms with Crippen molar-refractivity contribution in [2.24, 2.45) is 0 Å². The Balaban J connectivity index is 2.79. The van der Waals surface area contributed by atoms with Crippen molar-refractivity contribution < 1.29 is 0 Å². The fourth-order valence-electron chi connectivity index (χ4n) is 2.68. The molecule has 2 unspecified atom stereocenters. The van der Waals surface area contributed by atoms with Gasteiger partial charge in [0.05, 0.1) is 0 Å². The Morgan fingerprint density at radius 1 is 1.16 bits per heavy atom. The van der Waals surface area contributed by atoms with E-state index in [9.17, 15) is 0 Å². The Morgan fingerprint density at radius 3 is 2.26 bits per heavy atom. The molecule has 1 aromatic carbocycles. The van der Waals surface area contributed by atoms with Crippen molar-refractivity contribution in [3.63, 3.8) is 0 Å². The van der Waals surface area contributed by atoms with Gasteiger partial charge in [0.1, 0.15) is 0 Å². The molecule has 1 N–H and O–H groups in total. The Kier molecular flexibility index (Phi) is 7.11. The average Bonchev–Trinajstić information content (AvgIpc) is 2.42. The van der Waals surface area contributed by atoms with Gasteiger partial charge in [0, 0.05) is 12.1 Å². The Morgan fingerprint density at radius 2 is 1.79 bits per heavy atom. The minimum absolute atomic E-state index is 0.400. The van der Waals surface area contributed by atoms with Gasteiger partial charge in [-0.05, 0) is 46.0 Å².